The van der Waals surface area contributed by atoms with Gasteiger partial charge in [-0.05, 0) is 48.9 Å². The number of hydrogen-bond donors (Lipinski definition) is 1. The number of anilines is 1. The molecule has 186 valence electrons. The molecule has 0 atom stereocenters. The Hall–Kier alpha value is -3.85. The van der Waals surface area contributed by atoms with Gasteiger partial charge in [0.25, 0.3) is 0 Å². The summed E-state index contributed by atoms with van der Waals surface area (Å²) < 4.78 is 29.5. The van der Waals surface area contributed by atoms with E-state index in [0.29, 0.717) is 23.8 Å². The normalized spacial score (nSPS) is 10.6. The van der Waals surface area contributed by atoms with Crippen molar-refractivity contribution in [2.75, 3.05) is 38.7 Å². The van der Waals surface area contributed by atoms with Crippen molar-refractivity contribution in [2.24, 2.45) is 0 Å². The molecule has 0 radical (unpaired) electrons. The van der Waals surface area contributed by atoms with Crippen LogP contribution in [0.15, 0.2) is 71.3 Å². The van der Waals surface area contributed by atoms with Crippen molar-refractivity contribution in [3.8, 4) is 5.75 Å². The van der Waals surface area contributed by atoms with Gasteiger partial charge in [0.15, 0.2) is 0 Å². The molecular formula is C26H30FN3O5. The van der Waals surface area contributed by atoms with Crippen molar-refractivity contribution < 1.29 is 27.9 Å². The van der Waals surface area contributed by atoms with Crippen LogP contribution in [0.25, 0.3) is 0 Å². The van der Waals surface area contributed by atoms with Crippen LogP contribution >= 0.6 is 0 Å². The summed E-state index contributed by atoms with van der Waals surface area (Å²) in [4.78, 5) is 29.4. The molecule has 1 heterocycles. The highest BCUT2D eigenvalue weighted by Crippen LogP contribution is 2.24. The van der Waals surface area contributed by atoms with Crippen LogP contribution in [0.4, 0.5) is 14.9 Å². The van der Waals surface area contributed by atoms with Gasteiger partial charge in [-0.25, -0.2) is 9.18 Å². The van der Waals surface area contributed by atoms with Crippen molar-refractivity contribution in [1.29, 1.82) is 0 Å². The number of carbonyl (C=O) groups excluding carboxylic acids is 2. The fraction of sp³-hybridized carbons (Fsp3) is 0.308. The van der Waals surface area contributed by atoms with Crippen LogP contribution in [0.1, 0.15) is 18.2 Å². The molecule has 0 unspecified atom stereocenters. The molecule has 3 amide bonds. The minimum absolute atomic E-state index is 0.187. The molecule has 8 nitrogen and oxygen atoms in total. The van der Waals surface area contributed by atoms with E-state index in [-0.39, 0.29) is 44.5 Å². The zero-order chi connectivity index (χ0) is 25.0. The van der Waals surface area contributed by atoms with Gasteiger partial charge in [0.2, 0.25) is 5.91 Å². The van der Waals surface area contributed by atoms with E-state index in [4.69, 9.17) is 13.9 Å². The maximum atomic E-state index is 13.4. The average molecular weight is 484 g/mol. The van der Waals surface area contributed by atoms with Gasteiger partial charge in [-0.15, -0.1) is 0 Å². The second-order valence-electron chi connectivity index (χ2n) is 7.73. The van der Waals surface area contributed by atoms with Gasteiger partial charge < -0.3 is 29.0 Å². The van der Waals surface area contributed by atoms with Crippen molar-refractivity contribution in [3.63, 3.8) is 0 Å². The summed E-state index contributed by atoms with van der Waals surface area (Å²) in [6, 6.07) is 16.1. The zero-order valence-electron chi connectivity index (χ0n) is 19.9. The number of halogens is 1. The third-order valence-electron chi connectivity index (χ3n) is 5.17. The molecule has 0 aliphatic heterocycles. The first kappa shape index (κ1) is 25.8. The van der Waals surface area contributed by atoms with Crippen LogP contribution in [-0.4, -0.2) is 55.2 Å². The standard InChI is InChI=1S/C26H30FN3O5/c1-3-34-24-9-5-4-8-23(24)28-26(32)29(14-16-33-2)19-25(31)30(18-22-7-6-15-35-22)17-20-10-12-21(27)13-11-20/h4-13,15H,3,14,16-19H2,1-2H3,(H,28,32). The lowest BCUT2D eigenvalue weighted by atomic mass is 10.2. The number of amides is 3. The Morgan fingerprint density at radius 2 is 1.77 bits per heavy atom. The van der Waals surface area contributed by atoms with E-state index in [1.807, 2.05) is 13.0 Å². The van der Waals surface area contributed by atoms with Crippen LogP contribution in [0.5, 0.6) is 5.75 Å². The smallest absolute Gasteiger partial charge is 0.322 e. The molecule has 1 aromatic heterocycles. The van der Waals surface area contributed by atoms with Gasteiger partial charge in [-0.3, -0.25) is 4.79 Å². The molecule has 1 N–H and O–H groups in total. The third-order valence-corrected chi connectivity index (χ3v) is 5.17. The minimum atomic E-state index is -0.456. The first-order valence-corrected chi connectivity index (χ1v) is 11.3. The van der Waals surface area contributed by atoms with Crippen molar-refractivity contribution in [1.82, 2.24) is 9.80 Å². The summed E-state index contributed by atoms with van der Waals surface area (Å²) in [6.07, 6.45) is 1.53. The number of carbonyl (C=O) groups is 2. The molecule has 0 aliphatic rings. The maximum absolute atomic E-state index is 13.4. The number of nitrogens with zero attached hydrogens (tertiary/aromatic N) is 2. The van der Waals surface area contributed by atoms with E-state index < -0.39 is 6.03 Å². The molecule has 0 aliphatic carbocycles. The highest BCUT2D eigenvalue weighted by molar-refractivity contribution is 5.93. The monoisotopic (exact) mass is 483 g/mol. The maximum Gasteiger partial charge on any atom is 0.322 e. The predicted octanol–water partition coefficient (Wildman–Crippen LogP) is 4.53. The second kappa shape index (κ2) is 13.1. The Balaban J connectivity index is 1.76. The van der Waals surface area contributed by atoms with Crippen LogP contribution in [0.3, 0.4) is 0 Å². The van der Waals surface area contributed by atoms with Gasteiger partial charge in [0.1, 0.15) is 23.9 Å². The fourth-order valence-corrected chi connectivity index (χ4v) is 3.40. The molecule has 0 bridgehead atoms. The van der Waals surface area contributed by atoms with Crippen LogP contribution < -0.4 is 10.1 Å². The summed E-state index contributed by atoms with van der Waals surface area (Å²) in [5.74, 6) is 0.485. The van der Waals surface area contributed by atoms with Crippen molar-refractivity contribution in [2.45, 2.75) is 20.0 Å². The lowest BCUT2D eigenvalue weighted by Gasteiger charge is -2.27. The Bertz CT molecular complexity index is 1070. The Morgan fingerprint density at radius 3 is 2.46 bits per heavy atom. The van der Waals surface area contributed by atoms with Gasteiger partial charge in [-0.2, -0.15) is 0 Å². The third kappa shape index (κ3) is 7.86. The SMILES string of the molecule is CCOc1ccccc1NC(=O)N(CCOC)CC(=O)N(Cc1ccc(F)cc1)Cc1ccco1. The molecule has 0 spiro atoms. The lowest BCUT2D eigenvalue weighted by molar-refractivity contribution is -0.133. The first-order valence-electron chi connectivity index (χ1n) is 11.3. The first-order chi connectivity index (χ1) is 17.0. The lowest BCUT2D eigenvalue weighted by Crippen LogP contribution is -2.45. The molecule has 0 saturated heterocycles. The molecule has 3 aromatic rings. The highest BCUT2D eigenvalue weighted by Gasteiger charge is 2.23. The molecule has 0 saturated carbocycles. The van der Waals surface area contributed by atoms with Gasteiger partial charge in [-0.1, -0.05) is 24.3 Å². The van der Waals surface area contributed by atoms with E-state index in [2.05, 4.69) is 5.32 Å². The number of methoxy groups -OCH3 is 1. The van der Waals surface area contributed by atoms with E-state index in [1.165, 1.54) is 30.4 Å². The summed E-state index contributed by atoms with van der Waals surface area (Å²) >= 11 is 0. The van der Waals surface area contributed by atoms with Gasteiger partial charge >= 0.3 is 6.03 Å². The minimum Gasteiger partial charge on any atom is -0.492 e. The quantitative estimate of drug-likeness (QED) is 0.409. The number of para-hydroxylation sites is 2. The molecule has 3 rings (SSSR count). The van der Waals surface area contributed by atoms with E-state index in [1.54, 1.807) is 47.4 Å². The van der Waals surface area contributed by atoms with Crippen LogP contribution in [0, 0.1) is 5.82 Å². The second-order valence-corrected chi connectivity index (χ2v) is 7.73. The van der Waals surface area contributed by atoms with Gasteiger partial charge in [0.05, 0.1) is 31.7 Å². The number of rotatable bonds is 12. The molecule has 9 heteroatoms. The Kier molecular flexibility index (Phi) is 9.68. The average Bonchev–Trinajstić information content (AvgIpc) is 3.37. The summed E-state index contributed by atoms with van der Waals surface area (Å²) in [5.41, 5.74) is 1.26. The molecular weight excluding hydrogens is 453 g/mol. The number of hydrogen-bond acceptors (Lipinski definition) is 5. The number of nitrogens with one attached hydrogen (secondary N) is 1. The molecule has 2 aromatic carbocycles. The van der Waals surface area contributed by atoms with Crippen molar-refractivity contribution >= 4 is 17.6 Å². The highest BCUT2D eigenvalue weighted by atomic mass is 19.1. The fourth-order valence-electron chi connectivity index (χ4n) is 3.40. The number of benzene rings is 2. The molecule has 0 fully saturated rings. The number of furan rings is 1. The van der Waals surface area contributed by atoms with E-state index >= 15 is 0 Å². The number of urea groups is 1. The number of ether oxygens (including phenoxy) is 2. The van der Waals surface area contributed by atoms with Gasteiger partial charge in [0, 0.05) is 20.2 Å². The predicted molar refractivity (Wildman–Crippen MR) is 129 cm³/mol. The summed E-state index contributed by atoms with van der Waals surface area (Å²) in [7, 11) is 1.53. The topological polar surface area (TPSA) is 84.2 Å². The van der Waals surface area contributed by atoms with Crippen LogP contribution in [0.2, 0.25) is 0 Å². The van der Waals surface area contributed by atoms with Crippen LogP contribution in [-0.2, 0) is 22.6 Å². The Morgan fingerprint density at radius 1 is 1.00 bits per heavy atom. The van der Waals surface area contributed by atoms with Crippen molar-refractivity contribution in [3.05, 3.63) is 84.1 Å². The largest absolute Gasteiger partial charge is 0.492 e. The summed E-state index contributed by atoms with van der Waals surface area (Å²) in [6.45, 7) is 3.01. The molecule has 35 heavy (non-hydrogen) atoms. The van der Waals surface area contributed by atoms with E-state index in [9.17, 15) is 14.0 Å². The van der Waals surface area contributed by atoms with E-state index in [0.717, 1.165) is 5.56 Å². The Labute approximate surface area is 204 Å². The zero-order valence-corrected chi connectivity index (χ0v) is 19.9. The summed E-state index contributed by atoms with van der Waals surface area (Å²) in [5, 5.41) is 2.83.